The van der Waals surface area contributed by atoms with Gasteiger partial charge in [-0.05, 0) is 91.7 Å². The Morgan fingerprint density at radius 1 is 0.586 bits per heavy atom. The summed E-state index contributed by atoms with van der Waals surface area (Å²) < 4.78 is 100. The molecule has 70 heavy (non-hydrogen) atoms. The second-order valence-corrected chi connectivity index (χ2v) is 17.4. The first-order valence-corrected chi connectivity index (χ1v) is 22.6. The summed E-state index contributed by atoms with van der Waals surface area (Å²) in [5.41, 5.74) is 7.47. The summed E-state index contributed by atoms with van der Waals surface area (Å²) in [6.45, 7) is 4.50. The number of hydrogen-bond acceptors (Lipinski definition) is 2. The Hall–Kier alpha value is -8.11. The van der Waals surface area contributed by atoms with Gasteiger partial charge < -0.3 is 13.9 Å². The molecule has 0 unspecified atom stereocenters. The number of ether oxygens (including phenoxy) is 1. The minimum atomic E-state index is -0.579. The molecule has 3 aromatic heterocycles. The molecule has 12 aromatic rings. The number of nitrogens with zero attached hydrogens (tertiary/aromatic N) is 4. The molecule has 0 fully saturated rings. The first-order valence-electron chi connectivity index (χ1n) is 27.6. The van der Waals surface area contributed by atoms with Crippen molar-refractivity contribution in [2.75, 3.05) is 0 Å². The first kappa shape index (κ1) is 34.2. The number of aromatic nitrogens is 4. The average molecular weight is 1090 g/mol. The van der Waals surface area contributed by atoms with Crippen LogP contribution in [0.25, 0.3) is 83.4 Å². The van der Waals surface area contributed by atoms with Gasteiger partial charge in [0, 0.05) is 44.3 Å². The first-order chi connectivity index (χ1) is 38.1. The van der Waals surface area contributed by atoms with Crippen LogP contribution in [0.3, 0.4) is 0 Å². The van der Waals surface area contributed by atoms with E-state index in [1.54, 1.807) is 33.4 Å². The summed E-state index contributed by atoms with van der Waals surface area (Å²) in [4.78, 5) is 4.90. The van der Waals surface area contributed by atoms with Gasteiger partial charge in [-0.25, -0.2) is 4.98 Å². The Balaban J connectivity index is 0.00000675. The van der Waals surface area contributed by atoms with Crippen molar-refractivity contribution in [1.29, 1.82) is 0 Å². The predicted octanol–water partition coefficient (Wildman–Crippen LogP) is 15.1. The van der Waals surface area contributed by atoms with Crippen LogP contribution in [-0.2, 0) is 32.9 Å². The van der Waals surface area contributed by atoms with Crippen LogP contribution in [0.15, 0.2) is 230 Å². The molecule has 0 aliphatic carbocycles. The molecule has 340 valence electrons. The quantitative estimate of drug-likeness (QED) is 0.0956. The Labute approximate surface area is 436 Å². The van der Waals surface area contributed by atoms with Crippen molar-refractivity contribution in [1.82, 2.24) is 14.1 Å². The topological polar surface area (TPSA) is 35.9 Å². The van der Waals surface area contributed by atoms with Gasteiger partial charge >= 0.3 is 0 Å². The van der Waals surface area contributed by atoms with Gasteiger partial charge in [0.25, 0.3) is 6.33 Å². The molecule has 0 radical (unpaired) electrons. The molecule has 0 bridgehead atoms. The van der Waals surface area contributed by atoms with Gasteiger partial charge in [0.1, 0.15) is 5.82 Å². The molecular weight excluding hydrogens is 1040 g/mol. The van der Waals surface area contributed by atoms with Crippen LogP contribution in [0.2, 0.25) is 0 Å². The van der Waals surface area contributed by atoms with E-state index in [4.69, 9.17) is 23.4 Å². The van der Waals surface area contributed by atoms with Crippen molar-refractivity contribution in [2.24, 2.45) is 0 Å². The second kappa shape index (κ2) is 18.8. The molecule has 0 aliphatic rings. The molecular formula is C64H46N4OPt-2. The monoisotopic (exact) mass is 1090 g/mol. The average Bonchev–Trinajstić information content (AvgIpc) is 4.21. The number of imidazole rings is 1. The van der Waals surface area contributed by atoms with E-state index in [2.05, 4.69) is 85.4 Å². The van der Waals surface area contributed by atoms with E-state index >= 15 is 0 Å². The summed E-state index contributed by atoms with van der Waals surface area (Å²) in [7, 11) is 0. The largest absolute Gasteiger partial charge is 0.510 e. The van der Waals surface area contributed by atoms with E-state index in [9.17, 15) is 0 Å². The zero-order valence-electron chi connectivity index (χ0n) is 47.9. The number of rotatable bonds is 11. The molecule has 0 aliphatic heterocycles. The number of pyridine rings is 1. The van der Waals surface area contributed by atoms with Crippen molar-refractivity contribution >= 4 is 32.8 Å². The maximum absolute atomic E-state index is 9.14. The van der Waals surface area contributed by atoms with Crippen molar-refractivity contribution in [3.8, 4) is 62.1 Å². The standard InChI is InChI=1S/C64H46N4O.Pt/c1-64(2,50-25-13-6-14-26-50)43-45-37-38-65-62(39-45)68-58-32-16-15-29-56(58)57-35-34-53(42-60(57)68)69-52-28-17-27-51(41-52)66-44-67(59-36-33-49(40-61(59)66)46-19-7-3-8-20-46)63-54(47-21-9-4-10-22-47)30-18-31-55(63)48-23-11-5-12-24-48;/h3-40H,43H2,1-2H3;/q-2;/i4D,5D,9D,10D,11D,12D,21D,22D,23D,24D;. The van der Waals surface area contributed by atoms with Crippen LogP contribution in [0, 0.1) is 18.5 Å². The Kier molecular flexibility index (Phi) is 9.17. The number of fused-ring (bicyclic) bond motifs is 4. The zero-order valence-corrected chi connectivity index (χ0v) is 40.2. The van der Waals surface area contributed by atoms with Crippen molar-refractivity contribution in [2.45, 2.75) is 25.7 Å². The van der Waals surface area contributed by atoms with Gasteiger partial charge in [-0.15, -0.1) is 29.7 Å². The Bertz CT molecular complexity index is 4280. The number of hydrogen-bond donors (Lipinski definition) is 0. The molecule has 0 amide bonds. The Morgan fingerprint density at radius 2 is 1.26 bits per heavy atom. The summed E-state index contributed by atoms with van der Waals surface area (Å²) in [6.07, 6.45) is 6.13. The molecule has 0 N–H and O–H groups in total. The minimum absolute atomic E-state index is 0. The maximum Gasteiger partial charge on any atom is 0.268 e. The summed E-state index contributed by atoms with van der Waals surface area (Å²) in [6, 6.07) is 54.3. The Morgan fingerprint density at radius 3 is 2.00 bits per heavy atom. The fourth-order valence-electron chi connectivity index (χ4n) is 9.33. The third kappa shape index (κ3) is 8.33. The van der Waals surface area contributed by atoms with E-state index in [0.717, 1.165) is 50.7 Å². The maximum atomic E-state index is 9.14. The fraction of sp³-hybridized carbons (Fsp3) is 0.0625. The number of benzene rings is 9. The molecule has 0 saturated heterocycles. The van der Waals surface area contributed by atoms with Crippen LogP contribution in [-0.4, -0.2) is 14.1 Å². The van der Waals surface area contributed by atoms with E-state index in [1.165, 1.54) is 5.56 Å². The molecule has 3 heterocycles. The number of para-hydroxylation sites is 2. The van der Waals surface area contributed by atoms with Gasteiger partial charge in [0.15, 0.2) is 0 Å². The summed E-state index contributed by atoms with van der Waals surface area (Å²) >= 11 is 0. The van der Waals surface area contributed by atoms with Gasteiger partial charge in [0.05, 0.1) is 30.4 Å². The third-order valence-electron chi connectivity index (χ3n) is 12.6. The van der Waals surface area contributed by atoms with Crippen molar-refractivity contribution < 1.29 is 44.1 Å². The minimum Gasteiger partial charge on any atom is -0.510 e. The van der Waals surface area contributed by atoms with Gasteiger partial charge in [-0.3, -0.25) is 4.57 Å². The third-order valence-corrected chi connectivity index (χ3v) is 12.6. The molecule has 9 aromatic carbocycles. The zero-order chi connectivity index (χ0) is 55.0. The molecule has 0 spiro atoms. The fourth-order valence-corrected chi connectivity index (χ4v) is 9.33. The SMILES string of the molecule is [2H]c1c([2H])c([2H])c(-c2cccc(-c3c([2H])c([2H])c([2H])c([2H])c3[2H])c2-[n+]2[c-]n(-c3[c-]c(Oc4[c-]c5c(cc4)c4ccccc4n5-c4cc(CC(C)(C)c5ccccc5)ccn4)ccc3)c3cc(-c4ccccc4)ccc32)c([2H])c1[2H].[Pt]. The molecule has 6 heteroatoms. The van der Waals surface area contributed by atoms with Gasteiger partial charge in [-0.2, -0.15) is 18.2 Å². The smallest absolute Gasteiger partial charge is 0.268 e. The molecule has 12 rings (SSSR count). The molecule has 0 atom stereocenters. The normalized spacial score (nSPS) is 13.5. The van der Waals surface area contributed by atoms with E-state index in [-0.39, 0.29) is 54.4 Å². The molecule has 5 nitrogen and oxygen atoms in total. The predicted molar refractivity (Wildman–Crippen MR) is 279 cm³/mol. The van der Waals surface area contributed by atoms with Crippen LogP contribution in [0.4, 0.5) is 0 Å². The van der Waals surface area contributed by atoms with Crippen LogP contribution in [0.5, 0.6) is 11.5 Å². The van der Waals surface area contributed by atoms with Crippen LogP contribution in [0.1, 0.15) is 38.7 Å². The van der Waals surface area contributed by atoms with Crippen molar-refractivity contribution in [3.05, 3.63) is 260 Å². The van der Waals surface area contributed by atoms with Gasteiger partial charge in [-0.1, -0.05) is 189 Å². The van der Waals surface area contributed by atoms with E-state index in [1.807, 2.05) is 97.2 Å². The second-order valence-electron chi connectivity index (χ2n) is 17.4. The summed E-state index contributed by atoms with van der Waals surface area (Å²) in [5.74, 6) is 1.51. The molecule has 0 saturated carbocycles. The van der Waals surface area contributed by atoms with E-state index < -0.39 is 60.4 Å². The van der Waals surface area contributed by atoms with Crippen LogP contribution < -0.4 is 9.30 Å². The van der Waals surface area contributed by atoms with E-state index in [0.29, 0.717) is 28.2 Å². The van der Waals surface area contributed by atoms with Crippen molar-refractivity contribution in [3.63, 3.8) is 0 Å². The summed E-state index contributed by atoms with van der Waals surface area (Å²) in [5, 5.41) is 2.00. The van der Waals surface area contributed by atoms with Crippen LogP contribution >= 0.6 is 0 Å². The van der Waals surface area contributed by atoms with Gasteiger partial charge in [0.2, 0.25) is 0 Å².